The number of aromatic nitrogens is 3. The number of rotatable bonds is 5. The molecule has 10 nitrogen and oxygen atoms in total. The number of carbonyl (C=O) groups is 3. The van der Waals surface area contributed by atoms with E-state index in [1.165, 1.54) is 38.0 Å². The third kappa shape index (κ3) is 3.68. The predicted molar refractivity (Wildman–Crippen MR) is 101 cm³/mol. The number of anilines is 1. The van der Waals surface area contributed by atoms with Crippen LogP contribution in [0, 0.1) is 0 Å². The first-order chi connectivity index (χ1) is 15.1. The van der Waals surface area contributed by atoms with Crippen molar-refractivity contribution in [1.82, 2.24) is 25.0 Å². The van der Waals surface area contributed by atoms with E-state index < -0.39 is 41.7 Å². The number of benzene rings is 1. The quantitative estimate of drug-likeness (QED) is 0.578. The molecule has 166 valence electrons. The van der Waals surface area contributed by atoms with Gasteiger partial charge in [-0.05, 0) is 37.3 Å². The summed E-state index contributed by atoms with van der Waals surface area (Å²) in [5.74, 6) is -1.46. The van der Waals surface area contributed by atoms with Crippen molar-refractivity contribution in [3.63, 3.8) is 0 Å². The minimum atomic E-state index is -4.66. The van der Waals surface area contributed by atoms with Gasteiger partial charge >= 0.3 is 12.2 Å². The summed E-state index contributed by atoms with van der Waals surface area (Å²) < 4.78 is 45.9. The molecule has 32 heavy (non-hydrogen) atoms. The molecule has 13 heteroatoms. The van der Waals surface area contributed by atoms with Gasteiger partial charge in [0.05, 0.1) is 23.2 Å². The van der Waals surface area contributed by atoms with Gasteiger partial charge < -0.3 is 15.1 Å². The fourth-order valence-corrected chi connectivity index (χ4v) is 3.25. The van der Waals surface area contributed by atoms with Crippen LogP contribution in [0.5, 0.6) is 0 Å². The highest BCUT2D eigenvalue weighted by molar-refractivity contribution is 6.10. The lowest BCUT2D eigenvalue weighted by Gasteiger charge is -2.19. The molecule has 0 spiro atoms. The van der Waals surface area contributed by atoms with E-state index >= 15 is 0 Å². The topological polar surface area (TPSA) is 122 Å². The van der Waals surface area contributed by atoms with Gasteiger partial charge in [-0.25, -0.2) is 14.5 Å². The zero-order chi connectivity index (χ0) is 23.1. The van der Waals surface area contributed by atoms with Crippen molar-refractivity contribution in [2.24, 2.45) is 0 Å². The lowest BCUT2D eigenvalue weighted by atomic mass is 9.99. The third-order valence-corrected chi connectivity index (χ3v) is 4.85. The van der Waals surface area contributed by atoms with Gasteiger partial charge in [0, 0.05) is 0 Å². The molecule has 1 aliphatic heterocycles. The Kier molecular flexibility index (Phi) is 4.95. The molecule has 0 saturated carbocycles. The molecule has 2 aromatic heterocycles. The van der Waals surface area contributed by atoms with E-state index in [0.717, 1.165) is 22.9 Å². The van der Waals surface area contributed by atoms with E-state index in [1.54, 1.807) is 0 Å². The van der Waals surface area contributed by atoms with Gasteiger partial charge in [-0.2, -0.15) is 18.3 Å². The number of alkyl halides is 3. The Morgan fingerprint density at radius 2 is 2.06 bits per heavy atom. The van der Waals surface area contributed by atoms with Crippen molar-refractivity contribution in [3.05, 3.63) is 60.6 Å². The molecule has 1 fully saturated rings. The van der Waals surface area contributed by atoms with Gasteiger partial charge in [-0.1, -0.05) is 0 Å². The summed E-state index contributed by atoms with van der Waals surface area (Å²) in [6.07, 6.45) is -0.915. The number of carbonyl (C=O) groups excluding carboxylic acids is 3. The Morgan fingerprint density at radius 1 is 1.28 bits per heavy atom. The highest BCUT2D eigenvalue weighted by Gasteiger charge is 2.51. The fraction of sp³-hybridized carbons (Fsp3) is 0.211. The molecule has 0 aliphatic carbocycles. The number of halogens is 3. The summed E-state index contributed by atoms with van der Waals surface area (Å²) in [6, 6.07) is 4.87. The number of hydrogen-bond acceptors (Lipinski definition) is 6. The molecule has 1 aromatic carbocycles. The highest BCUT2D eigenvalue weighted by Crippen LogP contribution is 2.33. The van der Waals surface area contributed by atoms with Crippen LogP contribution >= 0.6 is 0 Å². The number of nitrogens with one attached hydrogen (secondary N) is 2. The SMILES string of the molecule is C[C@]1(c2ccco2)NC(=O)N(CC(=O)Nc2cc(C(F)(F)F)ccc2-n2cncn2)C1=O. The second-order valence-electron chi connectivity index (χ2n) is 7.04. The molecule has 3 aromatic rings. The average molecular weight is 448 g/mol. The van der Waals surface area contributed by atoms with Gasteiger partial charge in [-0.15, -0.1) is 0 Å². The maximum absolute atomic E-state index is 13.2. The third-order valence-electron chi connectivity index (χ3n) is 4.85. The molecule has 4 amide bonds. The van der Waals surface area contributed by atoms with Gasteiger partial charge in [0.15, 0.2) is 5.54 Å². The summed E-state index contributed by atoms with van der Waals surface area (Å²) in [4.78, 5) is 42.1. The molecule has 3 heterocycles. The van der Waals surface area contributed by atoms with Crippen molar-refractivity contribution in [3.8, 4) is 5.69 Å². The first kappa shape index (κ1) is 21.1. The lowest BCUT2D eigenvalue weighted by molar-refractivity contribution is -0.137. The first-order valence-electron chi connectivity index (χ1n) is 9.14. The summed E-state index contributed by atoms with van der Waals surface area (Å²) in [5, 5.41) is 8.63. The van der Waals surface area contributed by atoms with Crippen LogP contribution in [0.15, 0.2) is 53.7 Å². The largest absolute Gasteiger partial charge is 0.466 e. The number of imide groups is 1. The van der Waals surface area contributed by atoms with E-state index in [0.29, 0.717) is 4.90 Å². The van der Waals surface area contributed by atoms with E-state index in [2.05, 4.69) is 20.7 Å². The maximum atomic E-state index is 13.2. The van der Waals surface area contributed by atoms with Crippen LogP contribution in [0.4, 0.5) is 23.7 Å². The molecule has 1 atom stereocenters. The van der Waals surface area contributed by atoms with Crippen molar-refractivity contribution < 1.29 is 32.0 Å². The average Bonchev–Trinajstić information content (AvgIpc) is 3.47. The smallest absolute Gasteiger partial charge is 0.416 e. The van der Waals surface area contributed by atoms with Crippen molar-refractivity contribution in [2.75, 3.05) is 11.9 Å². The number of hydrogen-bond donors (Lipinski definition) is 2. The second-order valence-corrected chi connectivity index (χ2v) is 7.04. The Balaban J connectivity index is 1.58. The molecular formula is C19H15F3N6O4. The number of furan rings is 1. The van der Waals surface area contributed by atoms with Gasteiger partial charge in [0.25, 0.3) is 5.91 Å². The first-order valence-corrected chi connectivity index (χ1v) is 9.14. The fourth-order valence-electron chi connectivity index (χ4n) is 3.25. The normalized spacial score (nSPS) is 18.7. The Bertz CT molecular complexity index is 1180. The molecule has 1 aliphatic rings. The van der Waals surface area contributed by atoms with Crippen LogP contribution in [-0.2, 0) is 21.3 Å². The van der Waals surface area contributed by atoms with Crippen LogP contribution in [-0.4, -0.2) is 44.1 Å². The van der Waals surface area contributed by atoms with Crippen molar-refractivity contribution >= 4 is 23.5 Å². The molecule has 0 radical (unpaired) electrons. The molecule has 1 saturated heterocycles. The minimum Gasteiger partial charge on any atom is -0.466 e. The molecule has 2 N–H and O–H groups in total. The van der Waals surface area contributed by atoms with Crippen LogP contribution in [0.2, 0.25) is 0 Å². The second kappa shape index (κ2) is 7.51. The minimum absolute atomic E-state index is 0.112. The van der Waals surface area contributed by atoms with E-state index in [-0.39, 0.29) is 17.1 Å². The Hall–Kier alpha value is -4.16. The van der Waals surface area contributed by atoms with Crippen LogP contribution in [0.1, 0.15) is 18.2 Å². The van der Waals surface area contributed by atoms with E-state index in [1.807, 2.05) is 0 Å². The van der Waals surface area contributed by atoms with Gasteiger partial charge in [0.1, 0.15) is 25.0 Å². The maximum Gasteiger partial charge on any atom is 0.416 e. The Labute approximate surface area is 178 Å². The summed E-state index contributed by atoms with van der Waals surface area (Å²) in [5.41, 5.74) is -2.63. The zero-order valence-corrected chi connectivity index (χ0v) is 16.4. The van der Waals surface area contributed by atoms with Crippen molar-refractivity contribution in [1.29, 1.82) is 0 Å². The van der Waals surface area contributed by atoms with Gasteiger partial charge in [-0.3, -0.25) is 14.5 Å². The van der Waals surface area contributed by atoms with Gasteiger partial charge in [0.2, 0.25) is 5.91 Å². The number of nitrogens with zero attached hydrogens (tertiary/aromatic N) is 4. The summed E-state index contributed by atoms with van der Waals surface area (Å²) in [7, 11) is 0. The van der Waals surface area contributed by atoms with Crippen LogP contribution in [0.3, 0.4) is 0 Å². The lowest BCUT2D eigenvalue weighted by Crippen LogP contribution is -2.41. The highest BCUT2D eigenvalue weighted by atomic mass is 19.4. The summed E-state index contributed by atoms with van der Waals surface area (Å²) >= 11 is 0. The molecule has 0 unspecified atom stereocenters. The molecular weight excluding hydrogens is 433 g/mol. The molecule has 4 rings (SSSR count). The van der Waals surface area contributed by atoms with Crippen molar-refractivity contribution in [2.45, 2.75) is 18.6 Å². The number of urea groups is 1. The molecule has 0 bridgehead atoms. The summed E-state index contributed by atoms with van der Waals surface area (Å²) in [6.45, 7) is 0.688. The van der Waals surface area contributed by atoms with E-state index in [4.69, 9.17) is 4.42 Å². The Morgan fingerprint density at radius 3 is 2.69 bits per heavy atom. The zero-order valence-electron chi connectivity index (χ0n) is 16.4. The standard InChI is InChI=1S/C19H15F3N6O4/c1-18(14-3-2-6-32-14)16(30)27(17(31)26-18)8-15(29)25-12-7-11(19(20,21)22)4-5-13(12)28-10-23-9-24-28/h2-7,9-10H,8H2,1H3,(H,25,29)(H,26,31)/t18-/m1/s1. The monoisotopic (exact) mass is 448 g/mol. The number of amides is 4. The van der Waals surface area contributed by atoms with Crippen LogP contribution in [0.25, 0.3) is 5.69 Å². The van der Waals surface area contributed by atoms with E-state index in [9.17, 15) is 27.6 Å². The predicted octanol–water partition coefficient (Wildman–Crippen LogP) is 2.28. The van der Waals surface area contributed by atoms with Crippen LogP contribution < -0.4 is 10.6 Å².